The summed E-state index contributed by atoms with van der Waals surface area (Å²) < 4.78 is 0. The summed E-state index contributed by atoms with van der Waals surface area (Å²) in [6, 6.07) is 5.50. The second-order valence-corrected chi connectivity index (χ2v) is 7.04. The molecule has 2 rings (SSSR count). The molecule has 3 nitrogen and oxygen atoms in total. The minimum absolute atomic E-state index is 0.200. The Labute approximate surface area is 130 Å². The van der Waals surface area contributed by atoms with Crippen LogP contribution in [-0.4, -0.2) is 0 Å². The zero-order valence-corrected chi connectivity index (χ0v) is 13.6. The van der Waals surface area contributed by atoms with Crippen molar-refractivity contribution in [2.75, 3.05) is 0 Å². The summed E-state index contributed by atoms with van der Waals surface area (Å²) in [5, 5.41) is 4.37. The molecule has 0 fully saturated rings. The molecule has 0 N–H and O–H groups in total. The maximum Gasteiger partial charge on any atom is 0.0465 e. The second kappa shape index (κ2) is 5.97. The topological polar surface area (TPSA) is 48.8 Å². The highest BCUT2D eigenvalue weighted by atomic mass is 35.5. The average Bonchev–Trinajstić information content (AvgIpc) is 2.37. The quantitative estimate of drug-likeness (QED) is 0.332. The average molecular weight is 302 g/mol. The Morgan fingerprint density at radius 3 is 2.67 bits per heavy atom. The summed E-state index contributed by atoms with van der Waals surface area (Å²) in [4.78, 5) is 2.91. The number of hydrogen-bond donors (Lipinski definition) is 0. The van der Waals surface area contributed by atoms with Crippen LogP contribution in [0, 0.1) is 11.3 Å². The van der Waals surface area contributed by atoms with Gasteiger partial charge in [-0.05, 0) is 53.5 Å². The van der Waals surface area contributed by atoms with Gasteiger partial charge in [0.1, 0.15) is 0 Å². The van der Waals surface area contributed by atoms with Gasteiger partial charge in [0, 0.05) is 15.6 Å². The van der Waals surface area contributed by atoms with E-state index in [4.69, 9.17) is 17.1 Å². The Morgan fingerprint density at radius 1 is 1.33 bits per heavy atom. The molecule has 1 unspecified atom stereocenters. The van der Waals surface area contributed by atoms with Crippen molar-refractivity contribution in [1.82, 2.24) is 0 Å². The Bertz CT molecular complexity index is 659. The molecular formula is C17H20ClN3. The SMILES string of the molecule is CC1=CC(C(C)(C)C)CC(c2ccc(Cl)cc2N=[N+]=[N-])=C1. The molecule has 1 aromatic carbocycles. The summed E-state index contributed by atoms with van der Waals surface area (Å²) >= 11 is 6.01. The zero-order valence-electron chi connectivity index (χ0n) is 12.9. The lowest BCUT2D eigenvalue weighted by molar-refractivity contribution is 0.295. The first-order valence-electron chi connectivity index (χ1n) is 7.05. The molecule has 1 aliphatic rings. The van der Waals surface area contributed by atoms with E-state index in [1.807, 2.05) is 12.1 Å². The van der Waals surface area contributed by atoms with Crippen LogP contribution >= 0.6 is 11.6 Å². The Morgan fingerprint density at radius 2 is 2.05 bits per heavy atom. The second-order valence-electron chi connectivity index (χ2n) is 6.61. The molecule has 0 aromatic heterocycles. The van der Waals surface area contributed by atoms with Crippen LogP contribution in [0.2, 0.25) is 5.02 Å². The fraction of sp³-hybridized carbons (Fsp3) is 0.412. The Kier molecular flexibility index (Phi) is 4.46. The molecule has 0 saturated carbocycles. The van der Waals surface area contributed by atoms with Gasteiger partial charge in [0.25, 0.3) is 0 Å². The van der Waals surface area contributed by atoms with E-state index in [9.17, 15) is 0 Å². The van der Waals surface area contributed by atoms with Crippen LogP contribution in [0.15, 0.2) is 41.0 Å². The van der Waals surface area contributed by atoms with Crippen LogP contribution in [0.3, 0.4) is 0 Å². The fourth-order valence-corrected chi connectivity index (χ4v) is 2.81. The van der Waals surface area contributed by atoms with Crippen LogP contribution in [-0.2, 0) is 0 Å². The van der Waals surface area contributed by atoms with Crippen molar-refractivity contribution in [2.24, 2.45) is 16.4 Å². The first-order chi connectivity index (χ1) is 9.81. The number of hydrogen-bond acceptors (Lipinski definition) is 1. The third-order valence-corrected chi connectivity index (χ3v) is 4.11. The van der Waals surface area contributed by atoms with Crippen molar-refractivity contribution in [1.29, 1.82) is 0 Å². The van der Waals surface area contributed by atoms with Crippen molar-refractivity contribution in [3.05, 3.63) is 57.0 Å². The third-order valence-electron chi connectivity index (χ3n) is 3.88. The predicted octanol–water partition coefficient (Wildman–Crippen LogP) is 6.68. The van der Waals surface area contributed by atoms with Crippen LogP contribution in [0.5, 0.6) is 0 Å². The highest BCUT2D eigenvalue weighted by Gasteiger charge is 2.26. The highest BCUT2D eigenvalue weighted by molar-refractivity contribution is 6.30. The monoisotopic (exact) mass is 301 g/mol. The normalized spacial score (nSPS) is 18.6. The Balaban J connectivity index is 2.48. The molecule has 1 atom stereocenters. The first-order valence-corrected chi connectivity index (χ1v) is 7.43. The van der Waals surface area contributed by atoms with Crippen molar-refractivity contribution >= 4 is 22.9 Å². The number of rotatable bonds is 2. The highest BCUT2D eigenvalue weighted by Crippen LogP contribution is 2.42. The predicted molar refractivity (Wildman–Crippen MR) is 89.6 cm³/mol. The van der Waals surface area contributed by atoms with E-state index in [-0.39, 0.29) is 5.41 Å². The van der Waals surface area contributed by atoms with E-state index in [1.54, 1.807) is 6.07 Å². The minimum atomic E-state index is 0.200. The van der Waals surface area contributed by atoms with E-state index in [0.717, 1.165) is 12.0 Å². The van der Waals surface area contributed by atoms with Gasteiger partial charge in [-0.2, -0.15) is 0 Å². The summed E-state index contributed by atoms with van der Waals surface area (Å²) in [6.07, 6.45) is 5.44. The number of benzene rings is 1. The van der Waals surface area contributed by atoms with Crippen LogP contribution < -0.4 is 0 Å². The van der Waals surface area contributed by atoms with Gasteiger partial charge in [-0.3, -0.25) is 0 Å². The molecule has 21 heavy (non-hydrogen) atoms. The largest absolute Gasteiger partial charge is 0.0843 e. The van der Waals surface area contributed by atoms with E-state index < -0.39 is 0 Å². The van der Waals surface area contributed by atoms with Crippen LogP contribution in [0.4, 0.5) is 5.69 Å². The maximum atomic E-state index is 8.75. The molecule has 110 valence electrons. The maximum absolute atomic E-state index is 8.75. The molecule has 0 amide bonds. The summed E-state index contributed by atoms with van der Waals surface area (Å²) in [7, 11) is 0. The molecular weight excluding hydrogens is 282 g/mol. The summed E-state index contributed by atoms with van der Waals surface area (Å²) in [5.41, 5.74) is 13.0. The van der Waals surface area contributed by atoms with Gasteiger partial charge in [-0.25, -0.2) is 0 Å². The molecule has 0 saturated heterocycles. The summed E-state index contributed by atoms with van der Waals surface area (Å²) in [6.45, 7) is 8.86. The fourth-order valence-electron chi connectivity index (χ4n) is 2.65. The minimum Gasteiger partial charge on any atom is -0.0843 e. The Hall–Kier alpha value is -1.70. The van der Waals surface area contributed by atoms with Gasteiger partial charge < -0.3 is 0 Å². The number of azide groups is 1. The number of nitrogens with zero attached hydrogens (tertiary/aromatic N) is 3. The third kappa shape index (κ3) is 3.69. The van der Waals surface area contributed by atoms with Gasteiger partial charge >= 0.3 is 0 Å². The van der Waals surface area contributed by atoms with Crippen molar-refractivity contribution < 1.29 is 0 Å². The van der Waals surface area contributed by atoms with Crippen molar-refractivity contribution in [3.63, 3.8) is 0 Å². The standard InChI is InChI=1S/C17H20ClN3/c1-11-7-12(9-13(8-11)17(2,3)4)15-6-5-14(18)10-16(15)20-21-19/h5-8,10,13H,9H2,1-4H3. The number of allylic oxidation sites excluding steroid dienone is 4. The molecule has 1 aliphatic carbocycles. The molecule has 0 aliphatic heterocycles. The molecule has 4 heteroatoms. The smallest absolute Gasteiger partial charge is 0.0465 e. The van der Waals surface area contributed by atoms with Gasteiger partial charge in [0.2, 0.25) is 0 Å². The zero-order chi connectivity index (χ0) is 15.6. The van der Waals surface area contributed by atoms with E-state index in [2.05, 4.69) is 49.9 Å². The van der Waals surface area contributed by atoms with Crippen LogP contribution in [0.1, 0.15) is 39.7 Å². The molecule has 0 radical (unpaired) electrons. The van der Waals surface area contributed by atoms with Gasteiger partial charge in [-0.1, -0.05) is 61.3 Å². The molecule has 0 spiro atoms. The first kappa shape index (κ1) is 15.7. The number of halogens is 1. The lowest BCUT2D eigenvalue weighted by atomic mass is 9.73. The molecule has 0 heterocycles. The van der Waals surface area contributed by atoms with Crippen molar-refractivity contribution in [3.8, 4) is 0 Å². The lowest BCUT2D eigenvalue weighted by Crippen LogP contribution is -2.20. The van der Waals surface area contributed by atoms with Gasteiger partial charge in [0.15, 0.2) is 0 Å². The van der Waals surface area contributed by atoms with Crippen molar-refractivity contribution in [2.45, 2.75) is 34.1 Å². The van der Waals surface area contributed by atoms with Gasteiger partial charge in [-0.15, -0.1) is 0 Å². The molecule has 0 bridgehead atoms. The van der Waals surface area contributed by atoms with E-state index >= 15 is 0 Å². The van der Waals surface area contributed by atoms with E-state index in [0.29, 0.717) is 16.6 Å². The van der Waals surface area contributed by atoms with Gasteiger partial charge in [0.05, 0.1) is 0 Å². The molecule has 1 aromatic rings. The lowest BCUT2D eigenvalue weighted by Gasteiger charge is -2.32. The summed E-state index contributed by atoms with van der Waals surface area (Å²) in [5.74, 6) is 0.465. The van der Waals surface area contributed by atoms with Crippen LogP contribution in [0.25, 0.3) is 16.0 Å². The van der Waals surface area contributed by atoms with E-state index in [1.165, 1.54) is 11.1 Å².